The summed E-state index contributed by atoms with van der Waals surface area (Å²) in [5, 5.41) is 3.81. The lowest BCUT2D eigenvalue weighted by atomic mass is 10.3. The Morgan fingerprint density at radius 3 is 2.67 bits per heavy atom. The molecular formula is C13H18ClFN4O2. The quantitative estimate of drug-likeness (QED) is 0.836. The molecular weight excluding hydrogens is 299 g/mol. The van der Waals surface area contributed by atoms with Crippen LogP contribution < -0.4 is 10.5 Å². The number of halogens is 2. The summed E-state index contributed by atoms with van der Waals surface area (Å²) in [5.41, 5.74) is 5.39. The van der Waals surface area contributed by atoms with Crippen molar-refractivity contribution in [1.29, 1.82) is 0 Å². The number of likely N-dealkylation sites (N-methyl/N-ethyl adjacent to an activating group) is 1. The van der Waals surface area contributed by atoms with Crippen LogP contribution in [0.1, 0.15) is 11.7 Å². The SMILES string of the molecule is CN(CCOc1ccc(F)cc1)Cc1noc(CN)n1.Cl. The van der Waals surface area contributed by atoms with Gasteiger partial charge in [-0.2, -0.15) is 4.98 Å². The summed E-state index contributed by atoms with van der Waals surface area (Å²) >= 11 is 0. The van der Waals surface area contributed by atoms with Gasteiger partial charge in [-0.1, -0.05) is 5.16 Å². The molecule has 1 aromatic heterocycles. The van der Waals surface area contributed by atoms with Crippen molar-refractivity contribution < 1.29 is 13.7 Å². The molecule has 1 aromatic carbocycles. The molecule has 6 nitrogen and oxygen atoms in total. The van der Waals surface area contributed by atoms with Crippen LogP contribution in [0.25, 0.3) is 0 Å². The van der Waals surface area contributed by atoms with E-state index in [1.54, 1.807) is 12.1 Å². The first-order valence-corrected chi connectivity index (χ1v) is 6.26. The minimum Gasteiger partial charge on any atom is -0.492 e. The van der Waals surface area contributed by atoms with Gasteiger partial charge in [0.2, 0.25) is 5.89 Å². The molecule has 0 unspecified atom stereocenters. The molecule has 0 atom stereocenters. The van der Waals surface area contributed by atoms with Crippen molar-refractivity contribution in [2.45, 2.75) is 13.1 Å². The highest BCUT2D eigenvalue weighted by molar-refractivity contribution is 5.85. The van der Waals surface area contributed by atoms with E-state index in [9.17, 15) is 4.39 Å². The van der Waals surface area contributed by atoms with Crippen LogP contribution in [0.2, 0.25) is 0 Å². The molecule has 0 saturated carbocycles. The van der Waals surface area contributed by atoms with Crippen molar-refractivity contribution in [3.8, 4) is 5.75 Å². The average Bonchev–Trinajstić information content (AvgIpc) is 2.88. The summed E-state index contributed by atoms with van der Waals surface area (Å²) in [4.78, 5) is 6.11. The third-order valence-electron chi connectivity index (χ3n) is 2.65. The molecule has 21 heavy (non-hydrogen) atoms. The molecule has 0 bridgehead atoms. The van der Waals surface area contributed by atoms with E-state index in [4.69, 9.17) is 15.0 Å². The number of aromatic nitrogens is 2. The number of ether oxygens (including phenoxy) is 1. The molecule has 0 fully saturated rings. The van der Waals surface area contributed by atoms with Crippen LogP contribution in [0, 0.1) is 5.82 Å². The topological polar surface area (TPSA) is 77.4 Å². The Morgan fingerprint density at radius 2 is 2.05 bits per heavy atom. The highest BCUT2D eigenvalue weighted by Gasteiger charge is 2.07. The second kappa shape index (κ2) is 8.56. The van der Waals surface area contributed by atoms with Gasteiger partial charge in [0.25, 0.3) is 0 Å². The van der Waals surface area contributed by atoms with Gasteiger partial charge in [-0.15, -0.1) is 12.4 Å². The molecule has 116 valence electrons. The molecule has 0 aliphatic rings. The highest BCUT2D eigenvalue weighted by atomic mass is 35.5. The van der Waals surface area contributed by atoms with Gasteiger partial charge in [0.05, 0.1) is 13.1 Å². The van der Waals surface area contributed by atoms with Crippen LogP contribution in [-0.4, -0.2) is 35.2 Å². The lowest BCUT2D eigenvalue weighted by Gasteiger charge is -2.14. The van der Waals surface area contributed by atoms with Crippen molar-refractivity contribution in [3.63, 3.8) is 0 Å². The molecule has 0 aliphatic heterocycles. The molecule has 2 aromatic rings. The predicted octanol–water partition coefficient (Wildman–Crippen LogP) is 1.60. The molecule has 0 saturated heterocycles. The first-order chi connectivity index (χ1) is 9.67. The lowest BCUT2D eigenvalue weighted by molar-refractivity contribution is 0.227. The standard InChI is InChI=1S/C13H17FN4O2.ClH/c1-18(9-12-16-13(8-15)20-17-12)6-7-19-11-4-2-10(14)3-5-11;/h2-5H,6-9,15H2,1H3;1H. The summed E-state index contributed by atoms with van der Waals surface area (Å²) < 4.78 is 23.1. The first kappa shape index (κ1) is 17.4. The predicted molar refractivity (Wildman–Crippen MR) is 77.7 cm³/mol. The van der Waals surface area contributed by atoms with E-state index in [0.29, 0.717) is 37.2 Å². The Balaban J connectivity index is 0.00000220. The van der Waals surface area contributed by atoms with Crippen molar-refractivity contribution in [2.75, 3.05) is 20.2 Å². The third-order valence-corrected chi connectivity index (χ3v) is 2.65. The number of nitrogens with two attached hydrogens (primary N) is 1. The molecule has 0 radical (unpaired) electrons. The number of rotatable bonds is 7. The number of hydrogen-bond acceptors (Lipinski definition) is 6. The fourth-order valence-electron chi connectivity index (χ4n) is 1.61. The fraction of sp³-hybridized carbons (Fsp3) is 0.385. The van der Waals surface area contributed by atoms with Crippen LogP contribution in [0.15, 0.2) is 28.8 Å². The monoisotopic (exact) mass is 316 g/mol. The second-order valence-corrected chi connectivity index (χ2v) is 4.35. The molecule has 8 heteroatoms. The summed E-state index contributed by atoms with van der Waals surface area (Å²) in [6.07, 6.45) is 0. The van der Waals surface area contributed by atoms with Crippen molar-refractivity contribution in [3.05, 3.63) is 41.8 Å². The van der Waals surface area contributed by atoms with E-state index < -0.39 is 0 Å². The van der Waals surface area contributed by atoms with Gasteiger partial charge in [-0.3, -0.25) is 4.90 Å². The van der Waals surface area contributed by atoms with Crippen LogP contribution in [0.3, 0.4) is 0 Å². The van der Waals surface area contributed by atoms with Gasteiger partial charge >= 0.3 is 0 Å². The molecule has 2 N–H and O–H groups in total. The molecule has 2 rings (SSSR count). The summed E-state index contributed by atoms with van der Waals surface area (Å²) in [5.74, 6) is 1.39. The maximum Gasteiger partial charge on any atom is 0.240 e. The summed E-state index contributed by atoms with van der Waals surface area (Å²) in [7, 11) is 1.92. The number of hydrogen-bond donors (Lipinski definition) is 1. The van der Waals surface area contributed by atoms with Gasteiger partial charge in [0.1, 0.15) is 18.2 Å². The first-order valence-electron chi connectivity index (χ1n) is 6.26. The van der Waals surface area contributed by atoms with Gasteiger partial charge in [0, 0.05) is 6.54 Å². The van der Waals surface area contributed by atoms with Crippen LogP contribution in [0.4, 0.5) is 4.39 Å². The summed E-state index contributed by atoms with van der Waals surface area (Å²) in [6.45, 7) is 1.97. The smallest absolute Gasteiger partial charge is 0.240 e. The van der Waals surface area contributed by atoms with Crippen molar-refractivity contribution in [2.24, 2.45) is 5.73 Å². The zero-order valence-electron chi connectivity index (χ0n) is 11.7. The van der Waals surface area contributed by atoms with Crippen LogP contribution in [0.5, 0.6) is 5.75 Å². The van der Waals surface area contributed by atoms with E-state index in [1.165, 1.54) is 12.1 Å². The van der Waals surface area contributed by atoms with E-state index in [0.717, 1.165) is 0 Å². The Bertz CT molecular complexity index is 535. The minimum absolute atomic E-state index is 0. The second-order valence-electron chi connectivity index (χ2n) is 4.35. The van der Waals surface area contributed by atoms with Gasteiger partial charge < -0.3 is 15.0 Å². The van der Waals surface area contributed by atoms with Crippen LogP contribution in [-0.2, 0) is 13.1 Å². The number of benzene rings is 1. The highest BCUT2D eigenvalue weighted by Crippen LogP contribution is 2.10. The van der Waals surface area contributed by atoms with E-state index in [2.05, 4.69) is 10.1 Å². The molecule has 0 amide bonds. The van der Waals surface area contributed by atoms with E-state index in [1.807, 2.05) is 11.9 Å². The normalized spacial score (nSPS) is 10.5. The Hall–Kier alpha value is -1.70. The maximum atomic E-state index is 12.7. The van der Waals surface area contributed by atoms with Gasteiger partial charge in [-0.05, 0) is 31.3 Å². The van der Waals surface area contributed by atoms with E-state index in [-0.39, 0.29) is 24.8 Å². The van der Waals surface area contributed by atoms with E-state index >= 15 is 0 Å². The van der Waals surface area contributed by atoms with Crippen molar-refractivity contribution in [1.82, 2.24) is 15.0 Å². The molecule has 1 heterocycles. The Labute approximate surface area is 128 Å². The zero-order chi connectivity index (χ0) is 14.4. The third kappa shape index (κ3) is 5.66. The largest absolute Gasteiger partial charge is 0.492 e. The van der Waals surface area contributed by atoms with Crippen molar-refractivity contribution >= 4 is 12.4 Å². The van der Waals surface area contributed by atoms with Crippen LogP contribution >= 0.6 is 12.4 Å². The lowest BCUT2D eigenvalue weighted by Crippen LogP contribution is -2.24. The minimum atomic E-state index is -0.276. The van der Waals surface area contributed by atoms with Gasteiger partial charge in [0.15, 0.2) is 5.82 Å². The fourth-order valence-corrected chi connectivity index (χ4v) is 1.61. The summed E-state index contributed by atoms with van der Waals surface area (Å²) in [6, 6.07) is 5.93. The zero-order valence-corrected chi connectivity index (χ0v) is 12.5. The number of nitrogens with zero attached hydrogens (tertiary/aromatic N) is 3. The molecule has 0 aliphatic carbocycles. The van der Waals surface area contributed by atoms with Gasteiger partial charge in [-0.25, -0.2) is 4.39 Å². The Morgan fingerprint density at radius 1 is 1.33 bits per heavy atom. The molecule has 0 spiro atoms. The Kier molecular flexibility index (Phi) is 7.07. The average molecular weight is 317 g/mol. The maximum absolute atomic E-state index is 12.7.